The topological polar surface area (TPSA) is 127 Å². The van der Waals surface area contributed by atoms with E-state index in [1.165, 1.54) is 0 Å². The van der Waals surface area contributed by atoms with Crippen molar-refractivity contribution in [3.05, 3.63) is 11.8 Å². The van der Waals surface area contributed by atoms with Gasteiger partial charge in [0.2, 0.25) is 11.8 Å². The molecular formula is C12H15N5O3. The smallest absolute Gasteiger partial charge is 0.408 e. The van der Waals surface area contributed by atoms with Gasteiger partial charge in [0.25, 0.3) is 0 Å². The van der Waals surface area contributed by atoms with E-state index in [2.05, 4.69) is 21.6 Å². The second-order valence-corrected chi connectivity index (χ2v) is 5.47. The molecule has 1 aliphatic carbocycles. The largest absolute Gasteiger partial charge is 0.444 e. The zero-order valence-electron chi connectivity index (χ0n) is 11.0. The molecule has 0 unspecified atom stereocenters. The molecule has 3 N–H and O–H groups in total. The van der Waals surface area contributed by atoms with Crippen LogP contribution in [0.1, 0.15) is 44.0 Å². The van der Waals surface area contributed by atoms with Crippen LogP contribution in [0.3, 0.4) is 0 Å². The number of carbonyl (C=O) groups excluding carboxylic acids is 1. The maximum Gasteiger partial charge on any atom is 0.408 e. The van der Waals surface area contributed by atoms with Crippen LogP contribution in [0, 0.1) is 17.2 Å². The minimum Gasteiger partial charge on any atom is -0.444 e. The van der Waals surface area contributed by atoms with Crippen LogP contribution in [-0.2, 0) is 10.3 Å². The van der Waals surface area contributed by atoms with Gasteiger partial charge in [0.15, 0.2) is 0 Å². The van der Waals surface area contributed by atoms with E-state index in [0.717, 1.165) is 0 Å². The molecule has 2 heterocycles. The number of ether oxygens (including phenoxy) is 1. The highest BCUT2D eigenvalue weighted by molar-refractivity contribution is 5.70. The number of nitriles is 1. The molecule has 8 nitrogen and oxygen atoms in total. The number of carbonyl (C=O) groups is 1. The molecule has 1 saturated carbocycles. The zero-order valence-corrected chi connectivity index (χ0v) is 11.0. The van der Waals surface area contributed by atoms with E-state index in [9.17, 15) is 4.79 Å². The lowest BCUT2D eigenvalue weighted by Gasteiger charge is -2.41. The van der Waals surface area contributed by atoms with Gasteiger partial charge in [0.05, 0.1) is 11.6 Å². The van der Waals surface area contributed by atoms with Crippen LogP contribution < -0.4 is 11.1 Å². The first-order valence-electron chi connectivity index (χ1n) is 6.49. The molecule has 1 aromatic rings. The van der Waals surface area contributed by atoms with Crippen molar-refractivity contribution in [3.8, 4) is 6.07 Å². The van der Waals surface area contributed by atoms with Gasteiger partial charge >= 0.3 is 6.09 Å². The van der Waals surface area contributed by atoms with Gasteiger partial charge in [-0.05, 0) is 25.7 Å². The van der Waals surface area contributed by atoms with E-state index in [1.54, 1.807) is 6.92 Å². The predicted octanol–water partition coefficient (Wildman–Crippen LogP) is 0.717. The third kappa shape index (κ3) is 2.00. The predicted molar refractivity (Wildman–Crippen MR) is 64.9 cm³/mol. The lowest BCUT2D eigenvalue weighted by Crippen LogP contribution is -2.49. The van der Waals surface area contributed by atoms with E-state index < -0.39 is 17.7 Å². The number of alkyl carbamates (subject to hydrolysis) is 1. The van der Waals surface area contributed by atoms with Gasteiger partial charge in [-0.15, -0.1) is 10.2 Å². The van der Waals surface area contributed by atoms with Crippen molar-refractivity contribution >= 4 is 6.09 Å². The van der Waals surface area contributed by atoms with Gasteiger partial charge < -0.3 is 20.2 Å². The number of nitrogens with one attached hydrogen (secondary N) is 1. The van der Waals surface area contributed by atoms with Gasteiger partial charge in [-0.1, -0.05) is 0 Å². The summed E-state index contributed by atoms with van der Waals surface area (Å²) in [6, 6.07) is 1.69. The molecule has 2 aliphatic rings. The monoisotopic (exact) mass is 277 g/mol. The van der Waals surface area contributed by atoms with Crippen molar-refractivity contribution in [2.24, 2.45) is 11.7 Å². The molecule has 20 heavy (non-hydrogen) atoms. The van der Waals surface area contributed by atoms with Crippen LogP contribution >= 0.6 is 0 Å². The maximum absolute atomic E-state index is 11.1. The second-order valence-electron chi connectivity index (χ2n) is 5.47. The Morgan fingerprint density at radius 2 is 2.30 bits per heavy atom. The molecule has 8 heteroatoms. The Morgan fingerprint density at radius 3 is 2.90 bits per heavy atom. The Labute approximate surface area is 115 Å². The molecule has 1 aromatic heterocycles. The Balaban J connectivity index is 1.72. The summed E-state index contributed by atoms with van der Waals surface area (Å²) in [7, 11) is 0. The highest BCUT2D eigenvalue weighted by atomic mass is 16.6. The number of amides is 1. The van der Waals surface area contributed by atoms with Gasteiger partial charge in [-0.3, -0.25) is 0 Å². The summed E-state index contributed by atoms with van der Waals surface area (Å²) in [6.07, 6.45) is 0.944. The van der Waals surface area contributed by atoms with Crippen LogP contribution in [0.4, 0.5) is 4.79 Å². The number of hydrogen-bond donors (Lipinski definition) is 2. The lowest BCUT2D eigenvalue weighted by molar-refractivity contribution is 0.112. The van der Waals surface area contributed by atoms with E-state index in [-0.39, 0.29) is 12.0 Å². The van der Waals surface area contributed by atoms with E-state index in [4.69, 9.17) is 20.1 Å². The number of hydrogen-bond acceptors (Lipinski definition) is 7. The van der Waals surface area contributed by atoms with Crippen molar-refractivity contribution in [3.63, 3.8) is 0 Å². The molecule has 2 atom stereocenters. The van der Waals surface area contributed by atoms with Gasteiger partial charge in [0.1, 0.15) is 12.1 Å². The summed E-state index contributed by atoms with van der Waals surface area (Å²) in [5.41, 5.74) is 5.54. The summed E-state index contributed by atoms with van der Waals surface area (Å²) in [4.78, 5) is 11.1. The highest BCUT2D eigenvalue weighted by Crippen LogP contribution is 2.44. The Morgan fingerprint density at radius 1 is 1.55 bits per heavy atom. The summed E-state index contributed by atoms with van der Waals surface area (Å²) >= 11 is 0. The SMILES string of the molecule is C[C@H]1OC(=O)N[C@@H]1c1nnc(C2(N)CC(CC#N)C2)o1. The van der Waals surface area contributed by atoms with E-state index in [0.29, 0.717) is 31.0 Å². The number of rotatable bonds is 3. The molecular weight excluding hydrogens is 262 g/mol. The minimum absolute atomic E-state index is 0.286. The van der Waals surface area contributed by atoms with Gasteiger partial charge in [0, 0.05) is 6.42 Å². The third-order valence-electron chi connectivity index (χ3n) is 3.85. The standard InChI is InChI=1S/C12H15N5O3/c1-6-8(15-11(18)19-6)9-16-17-10(20-9)12(14)4-7(5-12)2-3-13/h6-8H,2,4-5,14H2,1H3,(H,15,18)/t6-,7?,8+,12?/m1/s1. The Hall–Kier alpha value is -2.14. The third-order valence-corrected chi connectivity index (χ3v) is 3.85. The molecule has 0 bridgehead atoms. The van der Waals surface area contributed by atoms with Crippen molar-refractivity contribution < 1.29 is 13.9 Å². The zero-order chi connectivity index (χ0) is 14.3. The second kappa shape index (κ2) is 4.45. The Bertz CT molecular complexity index is 572. The number of aromatic nitrogens is 2. The fourth-order valence-electron chi connectivity index (χ4n) is 2.76. The summed E-state index contributed by atoms with van der Waals surface area (Å²) in [5, 5.41) is 19.2. The van der Waals surface area contributed by atoms with Crippen LogP contribution in [-0.4, -0.2) is 22.4 Å². The van der Waals surface area contributed by atoms with E-state index >= 15 is 0 Å². The van der Waals surface area contributed by atoms with Crippen LogP contribution in [0.5, 0.6) is 0 Å². The molecule has 1 amide bonds. The van der Waals surface area contributed by atoms with Crippen molar-refractivity contribution in [1.29, 1.82) is 5.26 Å². The lowest BCUT2D eigenvalue weighted by atomic mass is 9.68. The maximum atomic E-state index is 11.1. The van der Waals surface area contributed by atoms with Gasteiger partial charge in [-0.2, -0.15) is 5.26 Å². The molecule has 1 saturated heterocycles. The minimum atomic E-state index is -0.653. The first kappa shape index (κ1) is 12.9. The van der Waals surface area contributed by atoms with Crippen molar-refractivity contribution in [2.75, 3.05) is 0 Å². The van der Waals surface area contributed by atoms with E-state index in [1.807, 2.05) is 0 Å². The average molecular weight is 277 g/mol. The fraction of sp³-hybridized carbons (Fsp3) is 0.667. The molecule has 3 rings (SSSR count). The number of nitrogens with two attached hydrogens (primary N) is 1. The first-order chi connectivity index (χ1) is 9.51. The highest BCUT2D eigenvalue weighted by Gasteiger charge is 2.47. The first-order valence-corrected chi connectivity index (χ1v) is 6.49. The molecule has 1 aliphatic heterocycles. The average Bonchev–Trinajstić information content (AvgIpc) is 2.94. The van der Waals surface area contributed by atoms with Crippen molar-refractivity contribution in [2.45, 2.75) is 43.9 Å². The number of cyclic esters (lactones) is 1. The molecule has 0 aromatic carbocycles. The van der Waals surface area contributed by atoms with Crippen LogP contribution in [0.15, 0.2) is 4.42 Å². The number of nitrogens with zero attached hydrogens (tertiary/aromatic N) is 3. The summed E-state index contributed by atoms with van der Waals surface area (Å²) < 4.78 is 10.6. The summed E-state index contributed by atoms with van der Waals surface area (Å²) in [5.74, 6) is 0.940. The molecule has 0 radical (unpaired) electrons. The van der Waals surface area contributed by atoms with Gasteiger partial charge in [-0.25, -0.2) is 4.79 Å². The quantitative estimate of drug-likeness (QED) is 0.832. The van der Waals surface area contributed by atoms with Crippen LogP contribution in [0.2, 0.25) is 0 Å². The Kier molecular flexibility index (Phi) is 2.87. The molecule has 106 valence electrons. The summed E-state index contributed by atoms with van der Waals surface area (Å²) in [6.45, 7) is 1.75. The molecule has 0 spiro atoms. The van der Waals surface area contributed by atoms with Crippen molar-refractivity contribution in [1.82, 2.24) is 15.5 Å². The van der Waals surface area contributed by atoms with Crippen LogP contribution in [0.25, 0.3) is 0 Å². The molecule has 2 fully saturated rings. The normalized spacial score (nSPS) is 35.9. The fourth-order valence-corrected chi connectivity index (χ4v) is 2.76.